The third kappa shape index (κ3) is 2.53. The molecule has 0 bridgehead atoms. The molecule has 0 N–H and O–H groups in total. The molecule has 0 radical (unpaired) electrons. The topological polar surface area (TPSA) is 37.4 Å². The van der Waals surface area contributed by atoms with Crippen molar-refractivity contribution in [2.75, 3.05) is 12.8 Å². The average molecular weight is 253 g/mol. The predicted molar refractivity (Wildman–Crippen MR) is 69.5 cm³/mol. The fourth-order valence-corrected chi connectivity index (χ4v) is 3.19. The normalized spacial score (nSPS) is 17.2. The Morgan fingerprint density at radius 1 is 1.29 bits per heavy atom. The van der Waals surface area contributed by atoms with Crippen LogP contribution in [-0.2, 0) is 23.0 Å². The van der Waals surface area contributed by atoms with Crippen molar-refractivity contribution in [2.45, 2.75) is 32.7 Å². The lowest BCUT2D eigenvalue weighted by Gasteiger charge is -2.29. The predicted octanol–water partition coefficient (Wildman–Crippen LogP) is 2.13. The quantitative estimate of drug-likeness (QED) is 0.809. The van der Waals surface area contributed by atoms with Gasteiger partial charge in [-0.3, -0.25) is 0 Å². The van der Waals surface area contributed by atoms with Crippen LogP contribution in [0.15, 0.2) is 18.2 Å². The lowest BCUT2D eigenvalue weighted by atomic mass is 9.90. The second-order valence-corrected chi connectivity index (χ2v) is 6.97. The van der Waals surface area contributed by atoms with Crippen LogP contribution in [0.2, 0.25) is 0 Å². The summed E-state index contributed by atoms with van der Waals surface area (Å²) in [7, 11) is -3.08. The fraction of sp³-hybridized carbons (Fsp3) is 0.538. The maximum absolute atomic E-state index is 11.6. The van der Waals surface area contributed by atoms with Gasteiger partial charge in [-0.15, -0.1) is 0 Å². The molecule has 1 aliphatic rings. The molecule has 0 amide bonds. The van der Waals surface area contributed by atoms with Gasteiger partial charge in [0.2, 0.25) is 10.0 Å². The highest BCUT2D eigenvalue weighted by Gasteiger charge is 2.25. The van der Waals surface area contributed by atoms with Gasteiger partial charge in [0.25, 0.3) is 0 Å². The van der Waals surface area contributed by atoms with Crippen molar-refractivity contribution in [3.8, 4) is 0 Å². The first-order valence-electron chi connectivity index (χ1n) is 5.95. The number of hydrogen-bond donors (Lipinski definition) is 0. The molecule has 0 unspecified atom stereocenters. The minimum Gasteiger partial charge on any atom is -0.212 e. The second kappa shape index (κ2) is 4.42. The summed E-state index contributed by atoms with van der Waals surface area (Å²) in [5.41, 5.74) is 3.78. The van der Waals surface area contributed by atoms with Gasteiger partial charge in [-0.05, 0) is 29.0 Å². The smallest absolute Gasteiger partial charge is 0.211 e. The monoisotopic (exact) mass is 253 g/mol. The summed E-state index contributed by atoms with van der Waals surface area (Å²) in [6.07, 6.45) is 2.11. The summed E-state index contributed by atoms with van der Waals surface area (Å²) in [6.45, 7) is 5.43. The highest BCUT2D eigenvalue weighted by Crippen LogP contribution is 2.28. The van der Waals surface area contributed by atoms with Crippen molar-refractivity contribution >= 4 is 10.0 Å². The van der Waals surface area contributed by atoms with Crippen molar-refractivity contribution in [3.63, 3.8) is 0 Å². The molecular formula is C13H19NO2S. The third-order valence-electron chi connectivity index (χ3n) is 3.37. The van der Waals surface area contributed by atoms with Crippen molar-refractivity contribution in [1.82, 2.24) is 4.31 Å². The molecule has 0 saturated heterocycles. The van der Waals surface area contributed by atoms with E-state index in [0.29, 0.717) is 19.0 Å². The summed E-state index contributed by atoms with van der Waals surface area (Å²) in [4.78, 5) is 0. The van der Waals surface area contributed by atoms with Gasteiger partial charge < -0.3 is 0 Å². The highest BCUT2D eigenvalue weighted by atomic mass is 32.2. The van der Waals surface area contributed by atoms with Crippen molar-refractivity contribution in [3.05, 3.63) is 34.9 Å². The number of sulfonamides is 1. The molecular weight excluding hydrogens is 234 g/mol. The summed E-state index contributed by atoms with van der Waals surface area (Å²) in [6, 6.07) is 6.29. The van der Waals surface area contributed by atoms with E-state index in [-0.39, 0.29) is 0 Å². The zero-order valence-electron chi connectivity index (χ0n) is 10.6. The summed E-state index contributed by atoms with van der Waals surface area (Å²) in [5.74, 6) is 0.435. The molecule has 0 atom stereocenters. The largest absolute Gasteiger partial charge is 0.212 e. The van der Waals surface area contributed by atoms with Crippen molar-refractivity contribution in [2.24, 2.45) is 0 Å². The van der Waals surface area contributed by atoms with E-state index in [4.69, 9.17) is 0 Å². The Balaban J connectivity index is 2.42. The van der Waals surface area contributed by atoms with E-state index >= 15 is 0 Å². The molecule has 1 aromatic carbocycles. The SMILES string of the molecule is CC(C)c1cccc2c1CN(S(C)(=O)=O)CC2. The minimum atomic E-state index is -3.08. The van der Waals surface area contributed by atoms with Crippen molar-refractivity contribution in [1.29, 1.82) is 0 Å². The summed E-state index contributed by atoms with van der Waals surface area (Å²) >= 11 is 0. The van der Waals surface area contributed by atoms with Gasteiger partial charge in [-0.2, -0.15) is 4.31 Å². The van der Waals surface area contributed by atoms with Gasteiger partial charge >= 0.3 is 0 Å². The molecule has 94 valence electrons. The van der Waals surface area contributed by atoms with Gasteiger partial charge in [-0.25, -0.2) is 8.42 Å². The zero-order chi connectivity index (χ0) is 12.6. The van der Waals surface area contributed by atoms with Gasteiger partial charge in [0.05, 0.1) is 6.26 Å². The Labute approximate surface area is 104 Å². The molecule has 1 aliphatic heterocycles. The Hall–Kier alpha value is -0.870. The average Bonchev–Trinajstić information content (AvgIpc) is 2.26. The van der Waals surface area contributed by atoms with Gasteiger partial charge in [0.15, 0.2) is 0 Å². The number of nitrogens with zero attached hydrogens (tertiary/aromatic N) is 1. The van der Waals surface area contributed by atoms with Crippen LogP contribution in [0.4, 0.5) is 0 Å². The van der Waals surface area contributed by atoms with E-state index in [1.54, 1.807) is 4.31 Å². The van der Waals surface area contributed by atoms with Crippen molar-refractivity contribution < 1.29 is 8.42 Å². The van der Waals surface area contributed by atoms with E-state index < -0.39 is 10.0 Å². The zero-order valence-corrected chi connectivity index (χ0v) is 11.4. The van der Waals surface area contributed by atoms with Crippen LogP contribution < -0.4 is 0 Å². The Bertz CT molecular complexity index is 520. The molecule has 0 aromatic heterocycles. The lowest BCUT2D eigenvalue weighted by molar-refractivity contribution is 0.392. The van der Waals surface area contributed by atoms with Crippen LogP contribution in [0, 0.1) is 0 Å². The number of benzene rings is 1. The second-order valence-electron chi connectivity index (χ2n) is 4.99. The van der Waals surface area contributed by atoms with E-state index in [2.05, 4.69) is 32.0 Å². The van der Waals surface area contributed by atoms with Crippen LogP contribution in [0.5, 0.6) is 0 Å². The van der Waals surface area contributed by atoms with Gasteiger partial charge in [0, 0.05) is 13.1 Å². The molecule has 2 rings (SSSR count). The van der Waals surface area contributed by atoms with Crippen LogP contribution in [-0.4, -0.2) is 25.5 Å². The number of fused-ring (bicyclic) bond motifs is 1. The number of rotatable bonds is 2. The van der Waals surface area contributed by atoms with Crippen LogP contribution >= 0.6 is 0 Å². The third-order valence-corrected chi connectivity index (χ3v) is 4.62. The fourth-order valence-electron chi connectivity index (χ4n) is 2.41. The minimum absolute atomic E-state index is 0.435. The maximum atomic E-state index is 11.6. The first kappa shape index (κ1) is 12.6. The Morgan fingerprint density at radius 3 is 2.59 bits per heavy atom. The maximum Gasteiger partial charge on any atom is 0.211 e. The molecule has 0 saturated carbocycles. The molecule has 1 heterocycles. The molecule has 1 aromatic rings. The standard InChI is InChI=1S/C13H19NO2S/c1-10(2)12-6-4-5-11-7-8-14(9-13(11)12)17(3,15)16/h4-6,10H,7-9H2,1-3H3. The van der Waals surface area contributed by atoms with Crippen LogP contribution in [0.1, 0.15) is 36.5 Å². The Morgan fingerprint density at radius 2 is 2.00 bits per heavy atom. The molecule has 4 heteroatoms. The van der Waals surface area contributed by atoms with E-state index in [1.807, 2.05) is 0 Å². The summed E-state index contributed by atoms with van der Waals surface area (Å²) < 4.78 is 24.8. The molecule has 0 fully saturated rings. The molecule has 3 nitrogen and oxygen atoms in total. The molecule has 0 aliphatic carbocycles. The highest BCUT2D eigenvalue weighted by molar-refractivity contribution is 7.88. The molecule has 0 spiro atoms. The first-order chi connectivity index (χ1) is 7.89. The first-order valence-corrected chi connectivity index (χ1v) is 7.80. The van der Waals surface area contributed by atoms with Crippen LogP contribution in [0.3, 0.4) is 0 Å². The Kier molecular flexibility index (Phi) is 3.27. The lowest BCUT2D eigenvalue weighted by Crippen LogP contribution is -2.35. The number of hydrogen-bond acceptors (Lipinski definition) is 2. The summed E-state index contributed by atoms with van der Waals surface area (Å²) in [5, 5.41) is 0. The molecule has 17 heavy (non-hydrogen) atoms. The van der Waals surface area contributed by atoms with Crippen LogP contribution in [0.25, 0.3) is 0 Å². The van der Waals surface area contributed by atoms with E-state index in [9.17, 15) is 8.42 Å². The van der Waals surface area contributed by atoms with E-state index in [1.165, 1.54) is 22.9 Å². The van der Waals surface area contributed by atoms with Gasteiger partial charge in [-0.1, -0.05) is 32.0 Å². The van der Waals surface area contributed by atoms with Gasteiger partial charge in [0.1, 0.15) is 0 Å². The van der Waals surface area contributed by atoms with E-state index in [0.717, 1.165) is 6.42 Å².